The van der Waals surface area contributed by atoms with Gasteiger partial charge in [0.2, 0.25) is 0 Å². The van der Waals surface area contributed by atoms with Crippen LogP contribution in [0.25, 0.3) is 106 Å². The van der Waals surface area contributed by atoms with Crippen LogP contribution in [-0.2, 0) is 0 Å². The quantitative estimate of drug-likeness (QED) is 0.172. The van der Waals surface area contributed by atoms with Gasteiger partial charge in [-0.25, -0.2) is 14.6 Å². The molecule has 0 aliphatic heterocycles. The zero-order valence-electron chi connectivity index (χ0n) is 30.2. The van der Waals surface area contributed by atoms with Crippen LogP contribution in [0.2, 0.25) is 0 Å². The number of nitrogens with zero attached hydrogens (tertiary/aromatic N) is 4. The first-order valence-electron chi connectivity index (χ1n) is 18.8. The maximum atomic E-state index is 6.27. The molecule has 0 aliphatic rings. The Bertz CT molecular complexity index is 3220. The van der Waals surface area contributed by atoms with Crippen LogP contribution >= 0.6 is 0 Å². The second-order valence-corrected chi connectivity index (χ2v) is 14.0. The molecule has 56 heavy (non-hydrogen) atoms. The van der Waals surface area contributed by atoms with Crippen LogP contribution in [0.5, 0.6) is 0 Å². The van der Waals surface area contributed by atoms with Crippen molar-refractivity contribution in [2.45, 2.75) is 0 Å². The number of para-hydroxylation sites is 2. The van der Waals surface area contributed by atoms with E-state index in [9.17, 15) is 0 Å². The molecule has 5 nitrogen and oxygen atoms in total. The van der Waals surface area contributed by atoms with Gasteiger partial charge in [0.25, 0.3) is 0 Å². The molecule has 0 atom stereocenters. The minimum absolute atomic E-state index is 0.670. The van der Waals surface area contributed by atoms with E-state index in [1.54, 1.807) is 0 Å². The smallest absolute Gasteiger partial charge is 0.160 e. The van der Waals surface area contributed by atoms with Crippen molar-refractivity contribution in [2.24, 2.45) is 0 Å². The molecule has 0 unspecified atom stereocenters. The zero-order valence-corrected chi connectivity index (χ0v) is 30.2. The van der Waals surface area contributed by atoms with Gasteiger partial charge in [0.1, 0.15) is 16.9 Å². The highest BCUT2D eigenvalue weighted by Gasteiger charge is 2.22. The summed E-state index contributed by atoms with van der Waals surface area (Å²) in [5.74, 6) is 0.670. The first-order chi connectivity index (χ1) is 27.8. The minimum atomic E-state index is 0.670. The summed E-state index contributed by atoms with van der Waals surface area (Å²) in [6.07, 6.45) is 0. The molecule has 3 heterocycles. The fourth-order valence-corrected chi connectivity index (χ4v) is 8.03. The Labute approximate surface area is 322 Å². The second-order valence-electron chi connectivity index (χ2n) is 14.0. The Morgan fingerprint density at radius 1 is 0.411 bits per heavy atom. The van der Waals surface area contributed by atoms with Crippen LogP contribution in [0.15, 0.2) is 199 Å². The van der Waals surface area contributed by atoms with Crippen LogP contribution < -0.4 is 0 Å². The van der Waals surface area contributed by atoms with Crippen molar-refractivity contribution in [1.82, 2.24) is 19.7 Å². The Hall–Kier alpha value is -7.63. The van der Waals surface area contributed by atoms with Gasteiger partial charge in [0.15, 0.2) is 5.82 Å². The molecule has 0 amide bonds. The normalized spacial score (nSPS) is 11.6. The molecular formula is C51H32N4O. The van der Waals surface area contributed by atoms with E-state index in [4.69, 9.17) is 19.5 Å². The van der Waals surface area contributed by atoms with Gasteiger partial charge in [-0.3, -0.25) is 0 Å². The van der Waals surface area contributed by atoms with Gasteiger partial charge in [-0.15, -0.1) is 0 Å². The van der Waals surface area contributed by atoms with Gasteiger partial charge in [0, 0.05) is 43.8 Å². The number of hydrogen-bond acceptors (Lipinski definition) is 4. The Kier molecular flexibility index (Phi) is 7.42. The second kappa shape index (κ2) is 13.0. The fraction of sp³-hybridized carbons (Fsp3) is 0. The molecule has 0 bridgehead atoms. The minimum Gasteiger partial charge on any atom is -0.456 e. The average Bonchev–Trinajstić information content (AvgIpc) is 3.87. The maximum Gasteiger partial charge on any atom is 0.160 e. The molecule has 0 fully saturated rings. The van der Waals surface area contributed by atoms with E-state index >= 15 is 0 Å². The number of rotatable bonds is 6. The molecule has 262 valence electrons. The third kappa shape index (κ3) is 5.29. The fourth-order valence-electron chi connectivity index (χ4n) is 8.03. The van der Waals surface area contributed by atoms with Crippen molar-refractivity contribution < 1.29 is 4.42 Å². The Morgan fingerprint density at radius 2 is 1.04 bits per heavy atom. The lowest BCUT2D eigenvalue weighted by Gasteiger charge is -2.13. The van der Waals surface area contributed by atoms with Gasteiger partial charge in [-0.1, -0.05) is 158 Å². The lowest BCUT2D eigenvalue weighted by molar-refractivity contribution is 0.669. The van der Waals surface area contributed by atoms with Gasteiger partial charge in [-0.2, -0.15) is 5.10 Å². The molecule has 0 spiro atoms. The van der Waals surface area contributed by atoms with E-state index in [1.807, 2.05) is 48.5 Å². The van der Waals surface area contributed by atoms with Crippen LogP contribution in [0.4, 0.5) is 0 Å². The van der Waals surface area contributed by atoms with Crippen molar-refractivity contribution in [3.63, 3.8) is 0 Å². The van der Waals surface area contributed by atoms with E-state index in [1.165, 1.54) is 0 Å². The molecule has 11 aromatic rings. The Morgan fingerprint density at radius 3 is 1.82 bits per heavy atom. The summed E-state index contributed by atoms with van der Waals surface area (Å²) < 4.78 is 8.38. The van der Waals surface area contributed by atoms with E-state index < -0.39 is 0 Å². The summed E-state index contributed by atoms with van der Waals surface area (Å²) >= 11 is 0. The standard InChI is InChI=1S/C51H32N4O/c1-4-15-35(16-5-1)49-48-42(31-37-19-10-11-22-39(37)50(48)55(54-49)38-20-8-3-9-21-38)33-27-29-34(30-28-33)43-32-44(53-51(52-43)36-17-6-2-7-18-36)40-24-14-26-46-47(40)41-23-12-13-25-45(41)56-46/h1-32H. The van der Waals surface area contributed by atoms with Crippen molar-refractivity contribution >= 4 is 43.6 Å². The van der Waals surface area contributed by atoms with Crippen molar-refractivity contribution in [3.8, 4) is 62.0 Å². The van der Waals surface area contributed by atoms with Crippen LogP contribution in [-0.4, -0.2) is 19.7 Å². The topological polar surface area (TPSA) is 56.7 Å². The average molecular weight is 717 g/mol. The molecule has 5 heteroatoms. The first-order valence-corrected chi connectivity index (χ1v) is 18.8. The number of benzene rings is 8. The van der Waals surface area contributed by atoms with E-state index in [0.717, 1.165) is 99.8 Å². The largest absolute Gasteiger partial charge is 0.456 e. The third-order valence-electron chi connectivity index (χ3n) is 10.6. The number of aromatic nitrogens is 4. The van der Waals surface area contributed by atoms with Crippen LogP contribution in [0, 0.1) is 0 Å². The lowest BCUT2D eigenvalue weighted by atomic mass is 9.93. The molecule has 0 saturated heterocycles. The van der Waals surface area contributed by atoms with Gasteiger partial charge >= 0.3 is 0 Å². The SMILES string of the molecule is c1ccc(-c2nc(-c3ccc(-c4cc5ccccc5c5c4c(-c4ccccc4)nn5-c4ccccc4)cc3)cc(-c3cccc4oc5ccccc5c34)n2)cc1. The molecule has 0 N–H and O–H groups in total. The molecule has 8 aromatic carbocycles. The third-order valence-corrected chi connectivity index (χ3v) is 10.6. The predicted octanol–water partition coefficient (Wildman–Crippen LogP) is 13.2. The molecule has 0 aliphatic carbocycles. The number of furan rings is 1. The van der Waals surface area contributed by atoms with E-state index in [2.05, 4.69) is 150 Å². The number of hydrogen-bond donors (Lipinski definition) is 0. The molecule has 0 saturated carbocycles. The predicted molar refractivity (Wildman–Crippen MR) is 229 cm³/mol. The van der Waals surface area contributed by atoms with E-state index in [0.29, 0.717) is 5.82 Å². The van der Waals surface area contributed by atoms with Crippen molar-refractivity contribution in [3.05, 3.63) is 194 Å². The lowest BCUT2D eigenvalue weighted by Crippen LogP contribution is -1.97. The summed E-state index contributed by atoms with van der Waals surface area (Å²) in [4.78, 5) is 10.3. The molecule has 3 aromatic heterocycles. The molecular weight excluding hydrogens is 685 g/mol. The Balaban J connectivity index is 1.11. The maximum absolute atomic E-state index is 6.27. The van der Waals surface area contributed by atoms with Crippen molar-refractivity contribution in [2.75, 3.05) is 0 Å². The van der Waals surface area contributed by atoms with Gasteiger partial charge in [-0.05, 0) is 52.9 Å². The summed E-state index contributed by atoms with van der Waals surface area (Å²) in [5.41, 5.74) is 12.7. The molecule has 0 radical (unpaired) electrons. The highest BCUT2D eigenvalue weighted by Crippen LogP contribution is 2.43. The number of fused-ring (bicyclic) bond motifs is 6. The van der Waals surface area contributed by atoms with Crippen LogP contribution in [0.1, 0.15) is 0 Å². The summed E-state index contributed by atoms with van der Waals surface area (Å²) in [6, 6.07) is 67.2. The van der Waals surface area contributed by atoms with E-state index in [-0.39, 0.29) is 0 Å². The molecule has 11 rings (SSSR count). The zero-order chi connectivity index (χ0) is 37.0. The highest BCUT2D eigenvalue weighted by atomic mass is 16.3. The summed E-state index contributed by atoms with van der Waals surface area (Å²) in [5, 5.41) is 10.9. The summed E-state index contributed by atoms with van der Waals surface area (Å²) in [7, 11) is 0. The highest BCUT2D eigenvalue weighted by molar-refractivity contribution is 6.17. The van der Waals surface area contributed by atoms with Gasteiger partial charge < -0.3 is 4.42 Å². The first kappa shape index (κ1) is 31.9. The summed E-state index contributed by atoms with van der Waals surface area (Å²) in [6.45, 7) is 0. The van der Waals surface area contributed by atoms with Gasteiger partial charge in [0.05, 0.1) is 22.6 Å². The van der Waals surface area contributed by atoms with Crippen LogP contribution in [0.3, 0.4) is 0 Å². The van der Waals surface area contributed by atoms with Crippen molar-refractivity contribution in [1.29, 1.82) is 0 Å². The monoisotopic (exact) mass is 716 g/mol.